The Bertz CT molecular complexity index is 352. The topological polar surface area (TPSA) is 29.9 Å². The molecule has 17 heavy (non-hydrogen) atoms. The van der Waals surface area contributed by atoms with E-state index in [0.29, 0.717) is 6.04 Å². The first-order valence-electron chi connectivity index (χ1n) is 6.92. The van der Waals surface area contributed by atoms with E-state index in [4.69, 9.17) is 0 Å². The molecule has 1 atom stereocenters. The molecule has 1 N–H and O–H groups in total. The second-order valence-electron chi connectivity index (χ2n) is 5.39. The maximum atomic E-state index is 4.43. The summed E-state index contributed by atoms with van der Waals surface area (Å²) < 4.78 is 2.03. The summed E-state index contributed by atoms with van der Waals surface area (Å²) in [6.07, 6.45) is 6.76. The first kappa shape index (κ1) is 12.6. The third kappa shape index (κ3) is 3.32. The van der Waals surface area contributed by atoms with Gasteiger partial charge in [0.2, 0.25) is 0 Å². The second-order valence-corrected chi connectivity index (χ2v) is 5.39. The van der Waals surface area contributed by atoms with E-state index < -0.39 is 0 Å². The van der Waals surface area contributed by atoms with Crippen molar-refractivity contribution in [3.63, 3.8) is 0 Å². The minimum absolute atomic E-state index is 0.625. The number of rotatable bonds is 6. The van der Waals surface area contributed by atoms with E-state index in [1.54, 1.807) is 0 Å². The van der Waals surface area contributed by atoms with Crippen LogP contribution in [0.25, 0.3) is 0 Å². The van der Waals surface area contributed by atoms with Crippen molar-refractivity contribution in [3.05, 3.63) is 17.5 Å². The van der Waals surface area contributed by atoms with Gasteiger partial charge >= 0.3 is 0 Å². The quantitative estimate of drug-likeness (QED) is 0.821. The third-order valence-electron chi connectivity index (χ3n) is 3.89. The predicted molar refractivity (Wildman–Crippen MR) is 71.1 cm³/mol. The second kappa shape index (κ2) is 5.67. The molecule has 0 aromatic carbocycles. The van der Waals surface area contributed by atoms with E-state index in [1.807, 2.05) is 4.68 Å². The number of nitrogens with zero attached hydrogens (tertiary/aromatic N) is 2. The van der Waals surface area contributed by atoms with Crippen molar-refractivity contribution in [3.8, 4) is 0 Å². The first-order chi connectivity index (χ1) is 8.19. The van der Waals surface area contributed by atoms with Crippen molar-refractivity contribution in [2.24, 2.45) is 13.0 Å². The molecule has 3 heteroatoms. The molecular weight excluding hydrogens is 210 g/mol. The molecule has 1 fully saturated rings. The van der Waals surface area contributed by atoms with Gasteiger partial charge in [0.25, 0.3) is 0 Å². The van der Waals surface area contributed by atoms with Crippen LogP contribution in [0.4, 0.5) is 0 Å². The number of hydrogen-bond acceptors (Lipinski definition) is 2. The van der Waals surface area contributed by atoms with E-state index in [2.05, 4.69) is 37.4 Å². The average Bonchev–Trinajstić information content (AvgIpc) is 2.51. The Hall–Kier alpha value is -0.830. The fourth-order valence-corrected chi connectivity index (χ4v) is 2.77. The van der Waals surface area contributed by atoms with Gasteiger partial charge in [-0.1, -0.05) is 26.2 Å². The van der Waals surface area contributed by atoms with Crippen molar-refractivity contribution in [2.45, 2.75) is 52.0 Å². The van der Waals surface area contributed by atoms with Crippen LogP contribution < -0.4 is 5.32 Å². The predicted octanol–water partition coefficient (Wildman–Crippen LogP) is 2.44. The molecule has 0 spiro atoms. The summed E-state index contributed by atoms with van der Waals surface area (Å²) in [5, 5.41) is 8.05. The summed E-state index contributed by atoms with van der Waals surface area (Å²) in [5.74, 6) is 0.966. The summed E-state index contributed by atoms with van der Waals surface area (Å²) >= 11 is 0. The van der Waals surface area contributed by atoms with Gasteiger partial charge in [-0.05, 0) is 31.9 Å². The Kier molecular flexibility index (Phi) is 4.21. The fraction of sp³-hybridized carbons (Fsp3) is 0.786. The molecule has 0 saturated heterocycles. The van der Waals surface area contributed by atoms with Gasteiger partial charge in [-0.15, -0.1) is 0 Å². The standard InChI is InChI=1S/C14H25N3/c1-4-15-13(9-12-6-5-7-12)10-14-8-11(2)16-17(14)3/h8,12-13,15H,4-7,9-10H2,1-3H3. The van der Waals surface area contributed by atoms with Crippen molar-refractivity contribution in [1.29, 1.82) is 0 Å². The first-order valence-corrected chi connectivity index (χ1v) is 6.92. The van der Waals surface area contributed by atoms with Gasteiger partial charge in [0.05, 0.1) is 5.69 Å². The molecule has 0 radical (unpaired) electrons. The van der Waals surface area contributed by atoms with Crippen LogP contribution in [0.3, 0.4) is 0 Å². The highest BCUT2D eigenvalue weighted by atomic mass is 15.3. The maximum absolute atomic E-state index is 4.43. The Morgan fingerprint density at radius 1 is 1.53 bits per heavy atom. The zero-order valence-corrected chi connectivity index (χ0v) is 11.4. The highest BCUT2D eigenvalue weighted by Crippen LogP contribution is 2.31. The van der Waals surface area contributed by atoms with Crippen LogP contribution in [0.1, 0.15) is 44.0 Å². The van der Waals surface area contributed by atoms with Crippen molar-refractivity contribution < 1.29 is 0 Å². The normalized spacial score (nSPS) is 18.1. The molecule has 96 valence electrons. The van der Waals surface area contributed by atoms with Crippen LogP contribution in [0.2, 0.25) is 0 Å². The number of likely N-dealkylation sites (N-methyl/N-ethyl adjacent to an activating group) is 1. The summed E-state index contributed by atoms with van der Waals surface area (Å²) in [4.78, 5) is 0. The average molecular weight is 235 g/mol. The maximum Gasteiger partial charge on any atom is 0.0596 e. The van der Waals surface area contributed by atoms with Crippen LogP contribution in [0.5, 0.6) is 0 Å². The molecule has 1 saturated carbocycles. The van der Waals surface area contributed by atoms with Gasteiger partial charge in [-0.2, -0.15) is 5.10 Å². The molecular formula is C14H25N3. The summed E-state index contributed by atoms with van der Waals surface area (Å²) in [5.41, 5.74) is 2.48. The molecule has 1 aromatic heterocycles. The van der Waals surface area contributed by atoms with Gasteiger partial charge in [0, 0.05) is 25.2 Å². The Balaban J connectivity index is 1.93. The molecule has 0 amide bonds. The van der Waals surface area contributed by atoms with Crippen LogP contribution in [-0.4, -0.2) is 22.4 Å². The van der Waals surface area contributed by atoms with Crippen molar-refractivity contribution in [1.82, 2.24) is 15.1 Å². The number of aromatic nitrogens is 2. The van der Waals surface area contributed by atoms with Crippen molar-refractivity contribution >= 4 is 0 Å². The molecule has 1 aliphatic rings. The highest BCUT2D eigenvalue weighted by Gasteiger charge is 2.22. The van der Waals surface area contributed by atoms with Crippen LogP contribution in [0, 0.1) is 12.8 Å². The van der Waals surface area contributed by atoms with Gasteiger partial charge in [0.15, 0.2) is 0 Å². The summed E-state index contributed by atoms with van der Waals surface area (Å²) in [7, 11) is 2.05. The number of hydrogen-bond donors (Lipinski definition) is 1. The van der Waals surface area contributed by atoms with Gasteiger partial charge in [0.1, 0.15) is 0 Å². The lowest BCUT2D eigenvalue weighted by Gasteiger charge is -2.30. The largest absolute Gasteiger partial charge is 0.314 e. The minimum atomic E-state index is 0.625. The SMILES string of the molecule is CCNC(Cc1cc(C)nn1C)CC1CCC1. The molecule has 1 aliphatic carbocycles. The third-order valence-corrected chi connectivity index (χ3v) is 3.89. The van der Waals surface area contributed by atoms with E-state index >= 15 is 0 Å². The minimum Gasteiger partial charge on any atom is -0.314 e. The smallest absolute Gasteiger partial charge is 0.0596 e. The Morgan fingerprint density at radius 3 is 2.76 bits per heavy atom. The van der Waals surface area contributed by atoms with Crippen molar-refractivity contribution in [2.75, 3.05) is 6.54 Å². The molecule has 1 heterocycles. The van der Waals surface area contributed by atoms with Crippen LogP contribution >= 0.6 is 0 Å². The van der Waals surface area contributed by atoms with Gasteiger partial charge < -0.3 is 5.32 Å². The number of aryl methyl sites for hydroxylation is 2. The Labute approximate surface area is 105 Å². The number of nitrogens with one attached hydrogen (secondary N) is 1. The summed E-state index contributed by atoms with van der Waals surface area (Å²) in [6, 6.07) is 2.84. The lowest BCUT2D eigenvalue weighted by atomic mass is 9.80. The molecule has 0 aliphatic heterocycles. The van der Waals surface area contributed by atoms with E-state index in [1.165, 1.54) is 31.4 Å². The lowest BCUT2D eigenvalue weighted by molar-refractivity contribution is 0.259. The zero-order chi connectivity index (χ0) is 12.3. The molecule has 0 bridgehead atoms. The van der Waals surface area contributed by atoms with Crippen LogP contribution in [0.15, 0.2) is 6.07 Å². The summed E-state index contributed by atoms with van der Waals surface area (Å²) in [6.45, 7) is 5.33. The van der Waals surface area contributed by atoms with E-state index in [-0.39, 0.29) is 0 Å². The lowest BCUT2D eigenvalue weighted by Crippen LogP contribution is -2.35. The fourth-order valence-electron chi connectivity index (χ4n) is 2.77. The van der Waals surface area contributed by atoms with Gasteiger partial charge in [-0.3, -0.25) is 4.68 Å². The van der Waals surface area contributed by atoms with E-state index in [9.17, 15) is 0 Å². The Morgan fingerprint density at radius 2 is 2.29 bits per heavy atom. The molecule has 1 aromatic rings. The highest BCUT2D eigenvalue weighted by molar-refractivity contribution is 5.10. The molecule has 1 unspecified atom stereocenters. The van der Waals surface area contributed by atoms with Gasteiger partial charge in [-0.25, -0.2) is 0 Å². The molecule has 2 rings (SSSR count). The van der Waals surface area contributed by atoms with Crippen LogP contribution in [-0.2, 0) is 13.5 Å². The zero-order valence-electron chi connectivity index (χ0n) is 11.4. The van der Waals surface area contributed by atoms with E-state index in [0.717, 1.165) is 24.6 Å². The monoisotopic (exact) mass is 235 g/mol. The molecule has 3 nitrogen and oxygen atoms in total.